The molecule has 0 atom stereocenters. The van der Waals surface area contributed by atoms with Gasteiger partial charge in [0.25, 0.3) is 5.91 Å². The first-order valence-corrected chi connectivity index (χ1v) is 7.71. The van der Waals surface area contributed by atoms with Crippen molar-refractivity contribution >= 4 is 33.1 Å². The fourth-order valence-corrected chi connectivity index (χ4v) is 3.18. The van der Waals surface area contributed by atoms with Gasteiger partial charge in [0.05, 0.1) is 27.9 Å². The average molecular weight is 312 g/mol. The van der Waals surface area contributed by atoms with Gasteiger partial charge in [-0.1, -0.05) is 11.6 Å². The summed E-state index contributed by atoms with van der Waals surface area (Å²) in [6.07, 6.45) is 0. The average Bonchev–Trinajstić information content (AvgIpc) is 2.86. The minimum atomic E-state index is -0.180. The van der Waals surface area contributed by atoms with Crippen molar-refractivity contribution in [1.29, 1.82) is 0 Å². The number of thiazole rings is 1. The number of ether oxygens (including phenoxy) is 1. The molecule has 5 heteroatoms. The summed E-state index contributed by atoms with van der Waals surface area (Å²) in [5.41, 5.74) is 3.25. The summed E-state index contributed by atoms with van der Waals surface area (Å²) in [7, 11) is 1.56. The smallest absolute Gasteiger partial charge is 0.259 e. The van der Waals surface area contributed by atoms with E-state index in [9.17, 15) is 4.79 Å². The number of methoxy groups -OCH3 is 1. The number of amides is 1. The number of nitrogens with zero attached hydrogens (tertiary/aromatic N) is 1. The van der Waals surface area contributed by atoms with Crippen molar-refractivity contribution in [3.05, 3.63) is 52.5 Å². The lowest BCUT2D eigenvalue weighted by atomic mass is 10.1. The van der Waals surface area contributed by atoms with Crippen LogP contribution in [0.1, 0.15) is 20.9 Å². The Morgan fingerprint density at radius 2 is 2.00 bits per heavy atom. The summed E-state index contributed by atoms with van der Waals surface area (Å²) >= 11 is 1.61. The van der Waals surface area contributed by atoms with E-state index in [1.807, 2.05) is 44.2 Å². The second-order valence-corrected chi connectivity index (χ2v) is 6.31. The Kier molecular flexibility index (Phi) is 3.81. The molecule has 3 rings (SSSR count). The number of carbonyl (C=O) groups excluding carboxylic acids is 1. The molecule has 1 amide bonds. The number of aryl methyl sites for hydroxylation is 2. The SMILES string of the molecule is COc1ccc(C)cc1C(=O)Nc1ccc2nc(C)sc2c1. The zero-order valence-corrected chi connectivity index (χ0v) is 13.5. The summed E-state index contributed by atoms with van der Waals surface area (Å²) in [6, 6.07) is 11.3. The first kappa shape index (κ1) is 14.5. The molecule has 4 nitrogen and oxygen atoms in total. The highest BCUT2D eigenvalue weighted by atomic mass is 32.1. The van der Waals surface area contributed by atoms with Crippen molar-refractivity contribution in [3.8, 4) is 5.75 Å². The van der Waals surface area contributed by atoms with Gasteiger partial charge < -0.3 is 10.1 Å². The number of hydrogen-bond acceptors (Lipinski definition) is 4. The fraction of sp³-hybridized carbons (Fsp3) is 0.176. The minimum absolute atomic E-state index is 0.180. The van der Waals surface area contributed by atoms with E-state index in [4.69, 9.17) is 4.74 Å². The Bertz CT molecular complexity index is 855. The van der Waals surface area contributed by atoms with Gasteiger partial charge in [0.15, 0.2) is 0 Å². The molecule has 0 spiro atoms. The summed E-state index contributed by atoms with van der Waals surface area (Å²) in [5, 5.41) is 3.93. The van der Waals surface area contributed by atoms with E-state index in [1.54, 1.807) is 24.5 Å². The number of benzene rings is 2. The van der Waals surface area contributed by atoms with Gasteiger partial charge in [0.1, 0.15) is 5.75 Å². The summed E-state index contributed by atoms with van der Waals surface area (Å²) < 4.78 is 6.33. The lowest BCUT2D eigenvalue weighted by molar-refractivity contribution is 0.102. The molecule has 0 bridgehead atoms. The van der Waals surface area contributed by atoms with Gasteiger partial charge in [-0.2, -0.15) is 0 Å². The number of hydrogen-bond donors (Lipinski definition) is 1. The third kappa shape index (κ3) is 2.80. The van der Waals surface area contributed by atoms with Gasteiger partial charge >= 0.3 is 0 Å². The Labute approximate surface area is 132 Å². The van der Waals surface area contributed by atoms with Crippen molar-refractivity contribution in [1.82, 2.24) is 4.98 Å². The van der Waals surface area contributed by atoms with Gasteiger partial charge in [-0.05, 0) is 44.2 Å². The fourth-order valence-electron chi connectivity index (χ4n) is 2.32. The van der Waals surface area contributed by atoms with Gasteiger partial charge in [0.2, 0.25) is 0 Å². The number of aromatic nitrogens is 1. The summed E-state index contributed by atoms with van der Waals surface area (Å²) in [6.45, 7) is 3.92. The molecule has 0 aliphatic carbocycles. The highest BCUT2D eigenvalue weighted by molar-refractivity contribution is 7.18. The monoisotopic (exact) mass is 312 g/mol. The largest absolute Gasteiger partial charge is 0.496 e. The van der Waals surface area contributed by atoms with Crippen LogP contribution in [0, 0.1) is 13.8 Å². The zero-order valence-electron chi connectivity index (χ0n) is 12.6. The van der Waals surface area contributed by atoms with Gasteiger partial charge in [-0.15, -0.1) is 11.3 Å². The van der Waals surface area contributed by atoms with Crippen LogP contribution >= 0.6 is 11.3 Å². The second kappa shape index (κ2) is 5.77. The molecule has 0 radical (unpaired) electrons. The molecule has 22 heavy (non-hydrogen) atoms. The summed E-state index contributed by atoms with van der Waals surface area (Å²) in [4.78, 5) is 16.9. The zero-order chi connectivity index (χ0) is 15.7. The predicted octanol–water partition coefficient (Wildman–Crippen LogP) is 4.17. The van der Waals surface area contributed by atoms with Crippen LogP contribution in [0.4, 0.5) is 5.69 Å². The van der Waals surface area contributed by atoms with E-state index in [2.05, 4.69) is 10.3 Å². The Morgan fingerprint density at radius 3 is 2.77 bits per heavy atom. The van der Waals surface area contributed by atoms with Gasteiger partial charge in [0, 0.05) is 5.69 Å². The molecule has 0 unspecified atom stereocenters. The summed E-state index contributed by atoms with van der Waals surface area (Å²) in [5.74, 6) is 0.388. The topological polar surface area (TPSA) is 51.2 Å². The molecular weight excluding hydrogens is 296 g/mol. The molecule has 3 aromatic rings. The standard InChI is InChI=1S/C17H16N2O2S/c1-10-4-7-15(21-3)13(8-10)17(20)19-12-5-6-14-16(9-12)22-11(2)18-14/h4-9H,1-3H3,(H,19,20). The number of carbonyl (C=O) groups is 1. The molecule has 0 aliphatic rings. The third-order valence-corrected chi connectivity index (χ3v) is 4.29. The van der Waals surface area contributed by atoms with E-state index in [1.165, 1.54) is 0 Å². The molecule has 1 N–H and O–H groups in total. The van der Waals surface area contributed by atoms with Crippen molar-refractivity contribution in [3.63, 3.8) is 0 Å². The highest BCUT2D eigenvalue weighted by Crippen LogP contribution is 2.26. The van der Waals surface area contributed by atoms with E-state index < -0.39 is 0 Å². The Morgan fingerprint density at radius 1 is 1.18 bits per heavy atom. The van der Waals surface area contributed by atoms with Crippen LogP contribution in [-0.4, -0.2) is 18.0 Å². The minimum Gasteiger partial charge on any atom is -0.496 e. The number of fused-ring (bicyclic) bond motifs is 1. The molecule has 0 aliphatic heterocycles. The highest BCUT2D eigenvalue weighted by Gasteiger charge is 2.13. The normalized spacial score (nSPS) is 10.7. The van der Waals surface area contributed by atoms with E-state index in [0.717, 1.165) is 26.5 Å². The predicted molar refractivity (Wildman–Crippen MR) is 90.0 cm³/mol. The van der Waals surface area contributed by atoms with Crippen molar-refractivity contribution in [2.24, 2.45) is 0 Å². The first-order chi connectivity index (χ1) is 10.6. The maximum absolute atomic E-state index is 12.5. The number of nitrogens with one attached hydrogen (secondary N) is 1. The molecule has 0 saturated heterocycles. The number of rotatable bonds is 3. The second-order valence-electron chi connectivity index (χ2n) is 5.07. The third-order valence-electron chi connectivity index (χ3n) is 3.35. The van der Waals surface area contributed by atoms with Crippen LogP contribution in [0.3, 0.4) is 0 Å². The van der Waals surface area contributed by atoms with Crippen LogP contribution in [0.2, 0.25) is 0 Å². The van der Waals surface area contributed by atoms with Gasteiger partial charge in [-0.3, -0.25) is 4.79 Å². The molecule has 1 aromatic heterocycles. The van der Waals surface area contributed by atoms with Crippen molar-refractivity contribution in [2.75, 3.05) is 12.4 Å². The maximum atomic E-state index is 12.5. The van der Waals surface area contributed by atoms with Crippen LogP contribution in [0.5, 0.6) is 5.75 Å². The maximum Gasteiger partial charge on any atom is 0.259 e. The van der Waals surface area contributed by atoms with Crippen molar-refractivity contribution < 1.29 is 9.53 Å². The number of anilines is 1. The molecule has 0 saturated carbocycles. The van der Waals surface area contributed by atoms with E-state index >= 15 is 0 Å². The molecule has 2 aromatic carbocycles. The van der Waals surface area contributed by atoms with Crippen LogP contribution in [-0.2, 0) is 0 Å². The van der Waals surface area contributed by atoms with Gasteiger partial charge in [-0.25, -0.2) is 4.98 Å². The molecular formula is C17H16N2O2S. The Balaban J connectivity index is 1.90. The molecule has 1 heterocycles. The van der Waals surface area contributed by atoms with Crippen LogP contribution in [0.15, 0.2) is 36.4 Å². The van der Waals surface area contributed by atoms with E-state index in [-0.39, 0.29) is 5.91 Å². The quantitative estimate of drug-likeness (QED) is 0.789. The van der Waals surface area contributed by atoms with Crippen LogP contribution < -0.4 is 10.1 Å². The Hall–Kier alpha value is -2.40. The molecule has 112 valence electrons. The van der Waals surface area contributed by atoms with E-state index in [0.29, 0.717) is 11.3 Å². The lowest BCUT2D eigenvalue weighted by Crippen LogP contribution is -2.13. The van der Waals surface area contributed by atoms with Crippen molar-refractivity contribution in [2.45, 2.75) is 13.8 Å². The lowest BCUT2D eigenvalue weighted by Gasteiger charge is -2.10. The van der Waals surface area contributed by atoms with Crippen LogP contribution in [0.25, 0.3) is 10.2 Å². The molecule has 0 fully saturated rings. The first-order valence-electron chi connectivity index (χ1n) is 6.90.